The number of rotatable bonds is 4. The second kappa shape index (κ2) is 7.96. The molecule has 2 heteroatoms. The molecular formula is C29H28N2. The molecule has 154 valence electrons. The maximum absolute atomic E-state index is 3.37. The highest BCUT2D eigenvalue weighted by Gasteiger charge is 2.42. The predicted molar refractivity (Wildman–Crippen MR) is 132 cm³/mol. The highest BCUT2D eigenvalue weighted by molar-refractivity contribution is 5.75. The van der Waals surface area contributed by atoms with Crippen LogP contribution in [-0.4, -0.2) is 6.04 Å². The standard InChI is InChI=1S/C29H28N2/c1-29(2)25-15-9-10-16-27(25)31(24-13-7-4-8-14-24)28-18-17-22(21-26(28)29)19-20-30-23-11-5-3-6-12-23/h3-17,19-21,28,30H,18H2,1-2H3/b20-19+. The van der Waals surface area contributed by atoms with Crippen molar-refractivity contribution in [2.45, 2.75) is 31.7 Å². The second-order valence-corrected chi connectivity index (χ2v) is 8.75. The zero-order valence-corrected chi connectivity index (χ0v) is 18.1. The number of hydrogen-bond acceptors (Lipinski definition) is 2. The Labute approximate surface area is 185 Å². The van der Waals surface area contributed by atoms with E-state index in [0.29, 0.717) is 6.04 Å². The smallest absolute Gasteiger partial charge is 0.0598 e. The molecule has 2 aliphatic rings. The Hall–Kier alpha value is -3.52. The molecule has 1 heterocycles. The molecule has 1 N–H and O–H groups in total. The lowest BCUT2D eigenvalue weighted by Crippen LogP contribution is -2.45. The van der Waals surface area contributed by atoms with Gasteiger partial charge in [0.1, 0.15) is 0 Å². The van der Waals surface area contributed by atoms with Gasteiger partial charge in [0.25, 0.3) is 0 Å². The minimum absolute atomic E-state index is 0.0211. The fourth-order valence-corrected chi connectivity index (χ4v) is 4.88. The molecule has 3 aromatic rings. The van der Waals surface area contributed by atoms with Crippen molar-refractivity contribution in [3.8, 4) is 0 Å². The third kappa shape index (κ3) is 3.59. The Morgan fingerprint density at radius 3 is 2.32 bits per heavy atom. The zero-order chi connectivity index (χ0) is 21.3. The number of nitrogens with zero attached hydrogens (tertiary/aromatic N) is 1. The fraction of sp³-hybridized carbons (Fsp3) is 0.172. The normalized spacial score (nSPS) is 19.3. The second-order valence-electron chi connectivity index (χ2n) is 8.75. The van der Waals surface area contributed by atoms with Gasteiger partial charge in [0.2, 0.25) is 0 Å². The summed E-state index contributed by atoms with van der Waals surface area (Å²) in [4.78, 5) is 2.52. The Morgan fingerprint density at radius 2 is 1.55 bits per heavy atom. The van der Waals surface area contributed by atoms with Crippen LogP contribution in [-0.2, 0) is 5.41 Å². The van der Waals surface area contributed by atoms with Gasteiger partial charge in [0.15, 0.2) is 0 Å². The van der Waals surface area contributed by atoms with Crippen molar-refractivity contribution in [1.29, 1.82) is 0 Å². The van der Waals surface area contributed by atoms with Crippen molar-refractivity contribution in [2.24, 2.45) is 0 Å². The summed E-state index contributed by atoms with van der Waals surface area (Å²) in [5.74, 6) is 0. The van der Waals surface area contributed by atoms with Crippen LogP contribution in [0, 0.1) is 0 Å². The van der Waals surface area contributed by atoms with Gasteiger partial charge in [-0.15, -0.1) is 0 Å². The van der Waals surface area contributed by atoms with Crippen LogP contribution < -0.4 is 10.2 Å². The molecule has 2 nitrogen and oxygen atoms in total. The van der Waals surface area contributed by atoms with Crippen LogP contribution in [0.15, 0.2) is 121 Å². The number of benzene rings is 3. The highest BCUT2D eigenvalue weighted by atomic mass is 15.2. The van der Waals surface area contributed by atoms with E-state index in [9.17, 15) is 0 Å². The van der Waals surface area contributed by atoms with Crippen LogP contribution in [0.25, 0.3) is 0 Å². The van der Waals surface area contributed by atoms with Crippen molar-refractivity contribution in [2.75, 3.05) is 10.2 Å². The highest BCUT2D eigenvalue weighted by Crippen LogP contribution is 2.50. The van der Waals surface area contributed by atoms with Gasteiger partial charge < -0.3 is 10.2 Å². The summed E-state index contributed by atoms with van der Waals surface area (Å²) in [5.41, 5.74) is 7.76. The Bertz CT molecular complexity index is 1150. The number of allylic oxidation sites excluding steroid dienone is 3. The summed E-state index contributed by atoms with van der Waals surface area (Å²) in [5, 5.41) is 3.37. The molecule has 0 fully saturated rings. The molecule has 31 heavy (non-hydrogen) atoms. The average molecular weight is 405 g/mol. The van der Waals surface area contributed by atoms with Crippen molar-refractivity contribution in [1.82, 2.24) is 0 Å². The van der Waals surface area contributed by atoms with Gasteiger partial charge in [0.05, 0.1) is 6.04 Å². The van der Waals surface area contributed by atoms with E-state index in [1.54, 1.807) is 0 Å². The van der Waals surface area contributed by atoms with Crippen molar-refractivity contribution >= 4 is 17.1 Å². The maximum atomic E-state index is 3.37. The third-order valence-corrected chi connectivity index (χ3v) is 6.46. The van der Waals surface area contributed by atoms with Crippen LogP contribution in [0.5, 0.6) is 0 Å². The van der Waals surface area contributed by atoms with Crippen molar-refractivity contribution < 1.29 is 0 Å². The number of para-hydroxylation sites is 3. The van der Waals surface area contributed by atoms with E-state index in [-0.39, 0.29) is 5.41 Å². The maximum Gasteiger partial charge on any atom is 0.0598 e. The van der Waals surface area contributed by atoms with Crippen LogP contribution in [0.2, 0.25) is 0 Å². The summed E-state index contributed by atoms with van der Waals surface area (Å²) in [6, 6.07) is 30.2. The number of hydrogen-bond donors (Lipinski definition) is 1. The minimum atomic E-state index is -0.0211. The molecule has 3 aromatic carbocycles. The third-order valence-electron chi connectivity index (χ3n) is 6.46. The van der Waals surface area contributed by atoms with Gasteiger partial charge in [-0.2, -0.15) is 0 Å². The summed E-state index contributed by atoms with van der Waals surface area (Å²) in [6.07, 6.45) is 9.96. The first-order chi connectivity index (χ1) is 15.1. The molecule has 0 saturated heterocycles. The van der Waals surface area contributed by atoms with Gasteiger partial charge in [-0.25, -0.2) is 0 Å². The summed E-state index contributed by atoms with van der Waals surface area (Å²) >= 11 is 0. The van der Waals surface area contributed by atoms with Crippen molar-refractivity contribution in [3.63, 3.8) is 0 Å². The Balaban J connectivity index is 1.51. The molecule has 0 aromatic heterocycles. The van der Waals surface area contributed by atoms with Crippen molar-refractivity contribution in [3.05, 3.63) is 126 Å². The topological polar surface area (TPSA) is 15.3 Å². The van der Waals surface area contributed by atoms with E-state index in [0.717, 1.165) is 12.1 Å². The van der Waals surface area contributed by atoms with Gasteiger partial charge >= 0.3 is 0 Å². The number of fused-ring (bicyclic) bond motifs is 2. The Morgan fingerprint density at radius 1 is 0.871 bits per heavy atom. The van der Waals surface area contributed by atoms with E-state index in [1.807, 2.05) is 24.4 Å². The molecular weight excluding hydrogens is 376 g/mol. The summed E-state index contributed by atoms with van der Waals surface area (Å²) < 4.78 is 0. The van der Waals surface area contributed by atoms with E-state index < -0.39 is 0 Å². The van der Waals surface area contributed by atoms with Crippen LogP contribution in [0.4, 0.5) is 17.1 Å². The van der Waals surface area contributed by atoms with E-state index >= 15 is 0 Å². The lowest BCUT2D eigenvalue weighted by molar-refractivity contribution is 0.520. The fourth-order valence-electron chi connectivity index (χ4n) is 4.88. The van der Waals surface area contributed by atoms with Gasteiger partial charge in [-0.3, -0.25) is 0 Å². The predicted octanol–water partition coefficient (Wildman–Crippen LogP) is 7.37. The molecule has 1 aliphatic carbocycles. The summed E-state index contributed by atoms with van der Waals surface area (Å²) in [7, 11) is 0. The van der Waals surface area contributed by atoms with E-state index in [2.05, 4.69) is 109 Å². The van der Waals surface area contributed by atoms with Crippen LogP contribution >= 0.6 is 0 Å². The van der Waals surface area contributed by atoms with E-state index in [1.165, 1.54) is 28.1 Å². The number of anilines is 3. The molecule has 0 amide bonds. The molecule has 0 bridgehead atoms. The first-order valence-electron chi connectivity index (χ1n) is 11.0. The molecule has 0 radical (unpaired) electrons. The average Bonchev–Trinajstić information content (AvgIpc) is 2.81. The molecule has 1 unspecified atom stereocenters. The molecule has 0 spiro atoms. The lowest BCUT2D eigenvalue weighted by atomic mass is 9.68. The number of nitrogens with one attached hydrogen (secondary N) is 1. The van der Waals surface area contributed by atoms with Gasteiger partial charge in [-0.1, -0.05) is 80.6 Å². The first kappa shape index (κ1) is 19.4. The summed E-state index contributed by atoms with van der Waals surface area (Å²) in [6.45, 7) is 4.73. The quantitative estimate of drug-likeness (QED) is 0.488. The zero-order valence-electron chi connectivity index (χ0n) is 18.1. The van der Waals surface area contributed by atoms with Gasteiger partial charge in [0, 0.05) is 28.7 Å². The van der Waals surface area contributed by atoms with Gasteiger partial charge in [-0.05, 0) is 59.5 Å². The van der Waals surface area contributed by atoms with Crippen LogP contribution in [0.1, 0.15) is 25.8 Å². The Kier molecular flexibility index (Phi) is 4.99. The van der Waals surface area contributed by atoms with E-state index in [4.69, 9.17) is 0 Å². The van der Waals surface area contributed by atoms with Crippen LogP contribution in [0.3, 0.4) is 0 Å². The molecule has 1 aliphatic heterocycles. The first-order valence-corrected chi connectivity index (χ1v) is 11.0. The monoisotopic (exact) mass is 404 g/mol. The molecule has 0 saturated carbocycles. The lowest BCUT2D eigenvalue weighted by Gasteiger charge is -2.49. The molecule has 1 atom stereocenters. The SMILES string of the molecule is CC1(C)C2=CC(/C=C/Nc3ccccc3)=CCC2N(c2ccccc2)c2ccccc21. The minimum Gasteiger partial charge on any atom is -0.362 e. The molecule has 5 rings (SSSR count). The largest absolute Gasteiger partial charge is 0.362 e.